The molecule has 11 rings (SSSR count). The fourth-order valence-corrected chi connectivity index (χ4v) is 8.55. The molecule has 0 radical (unpaired) electrons. The normalized spacial score (nSPS) is 11.8. The van der Waals surface area contributed by atoms with Crippen molar-refractivity contribution in [2.24, 2.45) is 0 Å². The largest absolute Gasteiger partial charge is 0.455 e. The number of aryl methyl sites for hydroxylation is 1. The van der Waals surface area contributed by atoms with Crippen LogP contribution in [0, 0.1) is 24.8 Å². The van der Waals surface area contributed by atoms with Gasteiger partial charge in [-0.2, -0.15) is 5.26 Å². The van der Waals surface area contributed by atoms with Crippen molar-refractivity contribution in [2.45, 2.75) is 6.92 Å². The van der Waals surface area contributed by atoms with Gasteiger partial charge in [-0.1, -0.05) is 72.8 Å². The Bertz CT molecular complexity index is 3390. The van der Waals surface area contributed by atoms with Crippen LogP contribution in [0.25, 0.3) is 98.4 Å². The summed E-state index contributed by atoms with van der Waals surface area (Å²) < 4.78 is 13.2. The van der Waals surface area contributed by atoms with Gasteiger partial charge >= 0.3 is 0 Å². The molecule has 0 N–H and O–H groups in total. The van der Waals surface area contributed by atoms with Crippen molar-refractivity contribution in [1.29, 1.82) is 5.26 Å². The van der Waals surface area contributed by atoms with Crippen molar-refractivity contribution in [3.05, 3.63) is 168 Å². The highest BCUT2D eigenvalue weighted by molar-refractivity contribution is 6.24. The van der Waals surface area contributed by atoms with E-state index in [1.807, 2.05) is 54.6 Å². The van der Waals surface area contributed by atoms with E-state index >= 15 is 0 Å². The summed E-state index contributed by atoms with van der Waals surface area (Å²) in [6, 6.07) is 49.9. The van der Waals surface area contributed by atoms with Crippen molar-refractivity contribution in [1.82, 2.24) is 13.7 Å². The van der Waals surface area contributed by atoms with E-state index in [2.05, 4.69) is 123 Å². The molecule has 0 aliphatic carbocycles. The first-order valence-electron chi connectivity index (χ1n) is 17.5. The molecule has 6 heteroatoms. The Morgan fingerprint density at radius 1 is 0.585 bits per heavy atom. The van der Waals surface area contributed by atoms with Crippen molar-refractivity contribution >= 4 is 82.1 Å². The molecule has 0 aliphatic rings. The predicted octanol–water partition coefficient (Wildman–Crippen LogP) is 12.5. The predicted molar refractivity (Wildman–Crippen MR) is 215 cm³/mol. The molecule has 246 valence electrons. The number of hydrogen-bond acceptors (Lipinski definition) is 2. The Hall–Kier alpha value is -7.54. The highest BCUT2D eigenvalue weighted by Gasteiger charge is 2.24. The van der Waals surface area contributed by atoms with E-state index in [1.54, 1.807) is 0 Å². The second-order valence-electron chi connectivity index (χ2n) is 13.6. The second kappa shape index (κ2) is 10.7. The second-order valence-corrected chi connectivity index (χ2v) is 13.6. The van der Waals surface area contributed by atoms with Gasteiger partial charge < -0.3 is 18.1 Å². The van der Waals surface area contributed by atoms with Gasteiger partial charge in [-0.15, -0.1) is 0 Å². The quantitative estimate of drug-likeness (QED) is 0.175. The minimum Gasteiger partial charge on any atom is -0.455 e. The number of hydrogen-bond donors (Lipinski definition) is 0. The van der Waals surface area contributed by atoms with Crippen LogP contribution in [0.5, 0.6) is 0 Å². The summed E-state index contributed by atoms with van der Waals surface area (Å²) in [6.45, 7) is 10.9. The van der Waals surface area contributed by atoms with Crippen molar-refractivity contribution in [3.63, 3.8) is 0 Å². The van der Waals surface area contributed by atoms with Crippen LogP contribution in [0.3, 0.4) is 0 Å². The summed E-state index contributed by atoms with van der Waals surface area (Å²) in [5.74, 6) is 0. The van der Waals surface area contributed by atoms with Crippen LogP contribution in [-0.4, -0.2) is 13.7 Å². The number of nitrogens with zero attached hydrogens (tertiary/aromatic N) is 5. The molecule has 0 amide bonds. The van der Waals surface area contributed by atoms with Crippen LogP contribution >= 0.6 is 0 Å². The number of aromatic nitrogens is 3. The van der Waals surface area contributed by atoms with E-state index < -0.39 is 0 Å². The van der Waals surface area contributed by atoms with Crippen molar-refractivity contribution in [2.75, 3.05) is 0 Å². The Morgan fingerprint density at radius 3 is 1.87 bits per heavy atom. The number of nitriles is 1. The maximum atomic E-state index is 10.5. The van der Waals surface area contributed by atoms with E-state index in [4.69, 9.17) is 11.0 Å². The molecule has 4 heterocycles. The van der Waals surface area contributed by atoms with Crippen LogP contribution in [0.4, 0.5) is 5.69 Å². The van der Waals surface area contributed by atoms with E-state index in [0.717, 1.165) is 76.8 Å². The van der Waals surface area contributed by atoms with E-state index in [-0.39, 0.29) is 0 Å². The topological polar surface area (TPSA) is 56.1 Å². The van der Waals surface area contributed by atoms with Crippen molar-refractivity contribution < 1.29 is 4.42 Å². The number of fused-ring (bicyclic) bond motifs is 11. The lowest BCUT2D eigenvalue weighted by Crippen LogP contribution is -2.01. The Balaban J connectivity index is 1.28. The van der Waals surface area contributed by atoms with E-state index in [9.17, 15) is 5.26 Å². The highest BCUT2D eigenvalue weighted by atomic mass is 16.3. The monoisotopic (exact) mass is 677 g/mol. The number of benzene rings is 7. The third kappa shape index (κ3) is 3.95. The van der Waals surface area contributed by atoms with E-state index in [0.29, 0.717) is 22.6 Å². The first-order chi connectivity index (χ1) is 26.1. The summed E-state index contributed by atoms with van der Waals surface area (Å²) >= 11 is 0. The third-order valence-electron chi connectivity index (χ3n) is 10.8. The maximum absolute atomic E-state index is 10.5. The summed E-state index contributed by atoms with van der Waals surface area (Å²) in [5, 5.41) is 17.9. The van der Waals surface area contributed by atoms with Gasteiger partial charge in [-0.05, 0) is 79.2 Å². The lowest BCUT2D eigenvalue weighted by atomic mass is 10.1. The van der Waals surface area contributed by atoms with Crippen LogP contribution in [0.2, 0.25) is 0 Å². The summed E-state index contributed by atoms with van der Waals surface area (Å²) in [5.41, 5.74) is 11.0. The molecule has 7 aromatic carbocycles. The smallest absolute Gasteiger partial charge is 0.234 e. The summed E-state index contributed by atoms with van der Waals surface area (Å²) in [4.78, 5) is 4.26. The molecule has 0 atom stereocenters. The number of furan rings is 1. The first kappa shape index (κ1) is 29.2. The van der Waals surface area contributed by atoms with Crippen LogP contribution < -0.4 is 0 Å². The van der Waals surface area contributed by atoms with Gasteiger partial charge in [0.05, 0.1) is 62.5 Å². The minimum atomic E-state index is 0.454. The van der Waals surface area contributed by atoms with Gasteiger partial charge in [0.15, 0.2) is 0 Å². The molecular formula is C47H27N5O. The Kier molecular flexibility index (Phi) is 5.92. The Morgan fingerprint density at radius 2 is 1.17 bits per heavy atom. The molecule has 53 heavy (non-hydrogen) atoms. The Labute approximate surface area is 303 Å². The number of rotatable bonds is 3. The molecule has 0 unspecified atom stereocenters. The van der Waals surface area contributed by atoms with Crippen molar-refractivity contribution in [3.8, 4) is 23.1 Å². The zero-order chi connectivity index (χ0) is 35.4. The minimum absolute atomic E-state index is 0.454. The molecule has 0 aliphatic heterocycles. The molecule has 4 aromatic heterocycles. The van der Waals surface area contributed by atoms with Gasteiger partial charge in [-0.25, -0.2) is 4.85 Å². The van der Waals surface area contributed by atoms with Crippen LogP contribution in [0.1, 0.15) is 11.1 Å². The average molecular weight is 678 g/mol. The fraction of sp³-hybridized carbons (Fsp3) is 0.0213. The maximum Gasteiger partial charge on any atom is 0.234 e. The molecule has 11 aromatic rings. The molecule has 6 nitrogen and oxygen atoms in total. The lowest BCUT2D eigenvalue weighted by Gasteiger charge is -2.17. The zero-order valence-corrected chi connectivity index (χ0v) is 28.5. The molecule has 0 bridgehead atoms. The first-order valence-corrected chi connectivity index (χ1v) is 17.5. The summed E-state index contributed by atoms with van der Waals surface area (Å²) in [7, 11) is 0. The van der Waals surface area contributed by atoms with Crippen LogP contribution in [-0.2, 0) is 0 Å². The molecular weight excluding hydrogens is 651 g/mol. The molecule has 0 spiro atoms. The van der Waals surface area contributed by atoms with Gasteiger partial charge in [-0.3, -0.25) is 0 Å². The molecule has 0 fully saturated rings. The van der Waals surface area contributed by atoms with Gasteiger partial charge in [0.25, 0.3) is 0 Å². The van der Waals surface area contributed by atoms with Gasteiger partial charge in [0, 0.05) is 44.2 Å². The van der Waals surface area contributed by atoms with Gasteiger partial charge in [0.1, 0.15) is 11.2 Å². The molecule has 0 saturated heterocycles. The van der Waals surface area contributed by atoms with Crippen LogP contribution in [0.15, 0.2) is 150 Å². The van der Waals surface area contributed by atoms with E-state index in [1.165, 1.54) is 10.9 Å². The lowest BCUT2D eigenvalue weighted by molar-refractivity contribution is 0.673. The number of para-hydroxylation sites is 4. The fourth-order valence-electron chi connectivity index (χ4n) is 8.55. The summed E-state index contributed by atoms with van der Waals surface area (Å²) in [6.07, 6.45) is 2.19. The third-order valence-corrected chi connectivity index (χ3v) is 10.8. The zero-order valence-electron chi connectivity index (χ0n) is 28.5. The standard InChI is InChI=1S/C47H27N5O/c1-28-27-50(37-15-7-3-11-31(28)37)30-19-21-40-36(25-30)45-41(22-20-35-34-14-6-10-18-44(34)53-47(35)45)52(40)43-24-29(26-48)23-42(46(43)49-2)51-38-16-8-4-12-32(38)33-13-5-9-17-39(33)51/h3-25,27H,1H3. The molecule has 0 saturated carbocycles. The SMILES string of the molecule is [C-]#[N+]c1c(-n2c3ccccc3c3ccccc32)cc(C#N)cc1-n1c2ccc(-n3cc(C)c4ccccc43)cc2c2c3oc4ccccc4c3ccc21. The highest BCUT2D eigenvalue weighted by Crippen LogP contribution is 2.45. The average Bonchev–Trinajstić information content (AvgIpc) is 3.94. The van der Waals surface area contributed by atoms with Gasteiger partial charge in [0.2, 0.25) is 5.69 Å².